The van der Waals surface area contributed by atoms with Gasteiger partial charge >= 0.3 is 0 Å². The van der Waals surface area contributed by atoms with E-state index in [2.05, 4.69) is 32.0 Å². The lowest BCUT2D eigenvalue weighted by molar-refractivity contribution is 0.102. The highest BCUT2D eigenvalue weighted by molar-refractivity contribution is 7.98. The third-order valence-corrected chi connectivity index (χ3v) is 5.94. The Hall–Kier alpha value is -3.65. The topological polar surface area (TPSA) is 81.9 Å². The van der Waals surface area contributed by atoms with Gasteiger partial charge in [-0.15, -0.1) is 10.2 Å². The van der Waals surface area contributed by atoms with E-state index in [1.807, 2.05) is 60.7 Å². The van der Waals surface area contributed by atoms with Gasteiger partial charge in [0.05, 0.1) is 7.11 Å². The maximum atomic E-state index is 12.5. The van der Waals surface area contributed by atoms with Crippen molar-refractivity contribution in [1.82, 2.24) is 19.7 Å². The SMILES string of the molecule is CCn1c(SCc2ccc(C(=O)Nc3ccc(OC)cc3)cc2)nnc1-c1ccncc1. The molecule has 0 fully saturated rings. The Bertz CT molecular complexity index is 1180. The van der Waals surface area contributed by atoms with E-state index in [9.17, 15) is 4.79 Å². The van der Waals surface area contributed by atoms with Crippen molar-refractivity contribution in [1.29, 1.82) is 0 Å². The maximum Gasteiger partial charge on any atom is 0.255 e. The van der Waals surface area contributed by atoms with Crippen LogP contribution in [0.5, 0.6) is 5.75 Å². The van der Waals surface area contributed by atoms with Crippen molar-refractivity contribution in [2.45, 2.75) is 24.4 Å². The number of carbonyl (C=O) groups excluding carboxylic acids is 1. The van der Waals surface area contributed by atoms with E-state index in [4.69, 9.17) is 4.74 Å². The number of amides is 1. The number of thioether (sulfide) groups is 1. The largest absolute Gasteiger partial charge is 0.497 e. The van der Waals surface area contributed by atoms with Crippen molar-refractivity contribution < 1.29 is 9.53 Å². The molecule has 4 rings (SSSR count). The Labute approximate surface area is 190 Å². The number of ether oxygens (including phenoxy) is 1. The van der Waals surface area contributed by atoms with Crippen LogP contribution in [0.4, 0.5) is 5.69 Å². The number of carbonyl (C=O) groups is 1. The fraction of sp³-hybridized carbons (Fsp3) is 0.167. The highest BCUT2D eigenvalue weighted by Crippen LogP contribution is 2.26. The van der Waals surface area contributed by atoms with Crippen molar-refractivity contribution in [2.24, 2.45) is 0 Å². The van der Waals surface area contributed by atoms with Crippen LogP contribution in [0.2, 0.25) is 0 Å². The lowest BCUT2D eigenvalue weighted by Crippen LogP contribution is -2.11. The zero-order valence-corrected chi connectivity index (χ0v) is 18.7. The number of nitrogens with zero attached hydrogens (tertiary/aromatic N) is 4. The van der Waals surface area contributed by atoms with Crippen molar-refractivity contribution in [2.75, 3.05) is 12.4 Å². The first-order chi connectivity index (χ1) is 15.7. The van der Waals surface area contributed by atoms with Crippen LogP contribution >= 0.6 is 11.8 Å². The predicted octanol–water partition coefficient (Wildman–Crippen LogP) is 4.91. The number of hydrogen-bond donors (Lipinski definition) is 1. The van der Waals surface area contributed by atoms with Crippen molar-refractivity contribution >= 4 is 23.4 Å². The molecule has 2 aromatic carbocycles. The van der Waals surface area contributed by atoms with Gasteiger partial charge in [-0.05, 0) is 61.0 Å². The monoisotopic (exact) mass is 445 g/mol. The molecule has 0 spiro atoms. The summed E-state index contributed by atoms with van der Waals surface area (Å²) in [5.74, 6) is 2.16. The van der Waals surface area contributed by atoms with Crippen LogP contribution < -0.4 is 10.1 Å². The van der Waals surface area contributed by atoms with Gasteiger partial charge in [-0.2, -0.15) is 0 Å². The second-order valence-electron chi connectivity index (χ2n) is 6.95. The van der Waals surface area contributed by atoms with Crippen LogP contribution in [-0.2, 0) is 12.3 Å². The Morgan fingerprint density at radius 2 is 1.72 bits per heavy atom. The quantitative estimate of drug-likeness (QED) is 0.388. The summed E-state index contributed by atoms with van der Waals surface area (Å²) in [5, 5.41) is 12.5. The first kappa shape index (κ1) is 21.6. The van der Waals surface area contributed by atoms with E-state index in [0.717, 1.165) is 45.8 Å². The Morgan fingerprint density at radius 1 is 1.00 bits per heavy atom. The second-order valence-corrected chi connectivity index (χ2v) is 7.90. The number of benzene rings is 2. The second kappa shape index (κ2) is 10.1. The van der Waals surface area contributed by atoms with E-state index >= 15 is 0 Å². The highest BCUT2D eigenvalue weighted by atomic mass is 32.2. The number of aromatic nitrogens is 4. The first-order valence-electron chi connectivity index (χ1n) is 10.2. The van der Waals surface area contributed by atoms with E-state index in [1.165, 1.54) is 0 Å². The Morgan fingerprint density at radius 3 is 2.38 bits per heavy atom. The molecule has 0 aliphatic rings. The van der Waals surface area contributed by atoms with Gasteiger partial charge in [-0.3, -0.25) is 9.78 Å². The maximum absolute atomic E-state index is 12.5. The van der Waals surface area contributed by atoms with Gasteiger partial charge in [0.15, 0.2) is 11.0 Å². The zero-order chi connectivity index (χ0) is 22.3. The smallest absolute Gasteiger partial charge is 0.255 e. The summed E-state index contributed by atoms with van der Waals surface area (Å²) in [5.41, 5.74) is 3.42. The molecular weight excluding hydrogens is 422 g/mol. The number of hydrogen-bond acceptors (Lipinski definition) is 6. The molecule has 4 aromatic rings. The molecule has 0 atom stereocenters. The van der Waals surface area contributed by atoms with E-state index in [1.54, 1.807) is 31.3 Å². The third-order valence-electron chi connectivity index (χ3n) is 4.90. The van der Waals surface area contributed by atoms with E-state index in [-0.39, 0.29) is 5.91 Å². The van der Waals surface area contributed by atoms with Gasteiger partial charge in [0, 0.05) is 41.5 Å². The number of pyridine rings is 1. The van der Waals surface area contributed by atoms with Gasteiger partial charge in [0.25, 0.3) is 5.91 Å². The molecule has 1 N–H and O–H groups in total. The number of methoxy groups -OCH3 is 1. The average Bonchev–Trinajstić information content (AvgIpc) is 3.27. The fourth-order valence-electron chi connectivity index (χ4n) is 3.17. The molecule has 0 bridgehead atoms. The average molecular weight is 446 g/mol. The van der Waals surface area contributed by atoms with Crippen LogP contribution in [0, 0.1) is 0 Å². The molecule has 1 amide bonds. The summed E-state index contributed by atoms with van der Waals surface area (Å²) in [4.78, 5) is 16.6. The van der Waals surface area contributed by atoms with Gasteiger partial charge in [-0.25, -0.2) is 0 Å². The molecule has 32 heavy (non-hydrogen) atoms. The number of anilines is 1. The van der Waals surface area contributed by atoms with E-state index < -0.39 is 0 Å². The van der Waals surface area contributed by atoms with Gasteiger partial charge in [0.2, 0.25) is 0 Å². The first-order valence-corrected chi connectivity index (χ1v) is 11.2. The molecule has 162 valence electrons. The van der Waals surface area contributed by atoms with Crippen LogP contribution in [0.3, 0.4) is 0 Å². The Balaban J connectivity index is 1.39. The lowest BCUT2D eigenvalue weighted by Gasteiger charge is -2.08. The van der Waals surface area contributed by atoms with Crippen molar-refractivity contribution in [3.63, 3.8) is 0 Å². The molecule has 2 heterocycles. The summed E-state index contributed by atoms with van der Waals surface area (Å²) in [6.07, 6.45) is 3.51. The van der Waals surface area contributed by atoms with Crippen molar-refractivity contribution in [3.05, 3.63) is 84.2 Å². The number of rotatable bonds is 8. The predicted molar refractivity (Wildman–Crippen MR) is 126 cm³/mol. The fourth-order valence-corrected chi connectivity index (χ4v) is 4.13. The molecule has 0 unspecified atom stereocenters. The molecular formula is C24H23N5O2S. The van der Waals surface area contributed by atoms with Crippen molar-refractivity contribution in [3.8, 4) is 17.1 Å². The molecule has 0 saturated heterocycles. The van der Waals surface area contributed by atoms with Crippen LogP contribution in [0.15, 0.2) is 78.2 Å². The van der Waals surface area contributed by atoms with Gasteiger partial charge < -0.3 is 14.6 Å². The van der Waals surface area contributed by atoms with Crippen LogP contribution in [-0.4, -0.2) is 32.8 Å². The molecule has 0 aliphatic carbocycles. The summed E-state index contributed by atoms with van der Waals surface area (Å²) in [6, 6.07) is 18.7. The molecule has 7 nitrogen and oxygen atoms in total. The molecule has 2 aromatic heterocycles. The summed E-state index contributed by atoms with van der Waals surface area (Å²) < 4.78 is 7.23. The normalized spacial score (nSPS) is 10.7. The zero-order valence-electron chi connectivity index (χ0n) is 17.9. The van der Waals surface area contributed by atoms with Crippen LogP contribution in [0.1, 0.15) is 22.8 Å². The van der Waals surface area contributed by atoms with Crippen LogP contribution in [0.25, 0.3) is 11.4 Å². The minimum Gasteiger partial charge on any atom is -0.497 e. The number of nitrogens with one attached hydrogen (secondary N) is 1. The Kier molecular flexibility index (Phi) is 6.81. The minimum atomic E-state index is -0.151. The molecule has 0 aliphatic heterocycles. The molecule has 0 radical (unpaired) electrons. The van der Waals surface area contributed by atoms with E-state index in [0.29, 0.717) is 5.56 Å². The highest BCUT2D eigenvalue weighted by Gasteiger charge is 2.13. The molecule has 0 saturated carbocycles. The summed E-state index contributed by atoms with van der Waals surface area (Å²) in [6.45, 7) is 2.85. The summed E-state index contributed by atoms with van der Waals surface area (Å²) >= 11 is 1.62. The standard InChI is InChI=1S/C24H23N5O2S/c1-3-29-22(18-12-14-25-15-13-18)27-28-24(29)32-16-17-4-6-19(7-5-17)23(30)26-20-8-10-21(31-2)11-9-20/h4-15H,3,16H2,1-2H3,(H,26,30). The van der Waals surface area contributed by atoms with Gasteiger partial charge in [0.1, 0.15) is 5.75 Å². The molecule has 8 heteroatoms. The lowest BCUT2D eigenvalue weighted by atomic mass is 10.1. The summed E-state index contributed by atoms with van der Waals surface area (Å²) in [7, 11) is 1.61. The van der Waals surface area contributed by atoms with Gasteiger partial charge in [-0.1, -0.05) is 23.9 Å². The minimum absolute atomic E-state index is 0.151. The third kappa shape index (κ3) is 4.97.